The van der Waals surface area contributed by atoms with E-state index in [9.17, 15) is 4.79 Å². The van der Waals surface area contributed by atoms with Gasteiger partial charge < -0.3 is 15.3 Å². The minimum Gasteiger partial charge on any atom is -0.482 e. The summed E-state index contributed by atoms with van der Waals surface area (Å²) in [6, 6.07) is 10.8. The lowest BCUT2D eigenvalue weighted by Gasteiger charge is -2.06. The van der Waals surface area contributed by atoms with Crippen LogP contribution in [0.2, 0.25) is 0 Å². The average Bonchev–Trinajstić information content (AvgIpc) is 2.52. The molecule has 0 atom stereocenters. The molecule has 0 radical (unpaired) electrons. The van der Waals surface area contributed by atoms with Gasteiger partial charge in [0.1, 0.15) is 5.75 Å². The number of nitrogens with two attached hydrogens (primary N) is 1. The van der Waals surface area contributed by atoms with Crippen LogP contribution < -0.4 is 10.5 Å². The summed E-state index contributed by atoms with van der Waals surface area (Å²) < 4.78 is 5.34. The molecule has 1 heterocycles. The van der Waals surface area contributed by atoms with Crippen LogP contribution in [-0.2, 0) is 9.63 Å². The maximum Gasteiger partial charge on any atom is 0.372 e. The number of aromatic nitrogens is 1. The van der Waals surface area contributed by atoms with Crippen LogP contribution in [0.4, 0.5) is 0 Å². The van der Waals surface area contributed by atoms with Crippen LogP contribution in [0.3, 0.4) is 0 Å². The van der Waals surface area contributed by atoms with Crippen LogP contribution in [-0.4, -0.2) is 23.4 Å². The summed E-state index contributed by atoms with van der Waals surface area (Å²) in [6.07, 6.45) is 3.13. The monoisotopic (exact) mass is 285 g/mol. The number of oxime groups is 1. The molecule has 1 aromatic heterocycles. The maximum atomic E-state index is 11.5. The van der Waals surface area contributed by atoms with E-state index in [4.69, 9.17) is 15.3 Å². The van der Waals surface area contributed by atoms with Gasteiger partial charge in [-0.3, -0.25) is 4.98 Å². The van der Waals surface area contributed by atoms with Gasteiger partial charge in [-0.05, 0) is 30.7 Å². The van der Waals surface area contributed by atoms with Crippen LogP contribution in [0.15, 0.2) is 53.9 Å². The van der Waals surface area contributed by atoms with Crippen molar-refractivity contribution in [2.45, 2.75) is 6.92 Å². The van der Waals surface area contributed by atoms with Gasteiger partial charge >= 0.3 is 5.97 Å². The molecule has 0 bridgehead atoms. The Morgan fingerprint density at radius 2 is 2.10 bits per heavy atom. The smallest absolute Gasteiger partial charge is 0.372 e. The zero-order chi connectivity index (χ0) is 15.1. The first-order chi connectivity index (χ1) is 10.2. The van der Waals surface area contributed by atoms with Gasteiger partial charge in [0.25, 0.3) is 0 Å². The third kappa shape index (κ3) is 4.31. The highest BCUT2D eigenvalue weighted by Crippen LogP contribution is 2.15. The molecule has 0 saturated heterocycles. The van der Waals surface area contributed by atoms with E-state index in [1.165, 1.54) is 6.20 Å². The summed E-state index contributed by atoms with van der Waals surface area (Å²) >= 11 is 0. The molecule has 0 spiro atoms. The summed E-state index contributed by atoms with van der Waals surface area (Å²) in [5, 5.41) is 3.55. The Balaban J connectivity index is 1.87. The predicted molar refractivity (Wildman–Crippen MR) is 77.7 cm³/mol. The number of carbonyl (C=O) groups is 1. The van der Waals surface area contributed by atoms with Crippen LogP contribution in [0.1, 0.15) is 11.1 Å². The highest BCUT2D eigenvalue weighted by molar-refractivity contribution is 5.97. The molecule has 0 aliphatic rings. The average molecular weight is 285 g/mol. The number of rotatable bonds is 5. The summed E-state index contributed by atoms with van der Waals surface area (Å²) in [5.74, 6) is 0.0658. The predicted octanol–water partition coefficient (Wildman–Crippen LogP) is 1.63. The van der Waals surface area contributed by atoms with E-state index in [0.717, 1.165) is 5.56 Å². The van der Waals surface area contributed by atoms with Crippen molar-refractivity contribution in [3.8, 4) is 5.75 Å². The van der Waals surface area contributed by atoms with Crippen molar-refractivity contribution in [2.24, 2.45) is 10.9 Å². The zero-order valence-corrected chi connectivity index (χ0v) is 11.5. The van der Waals surface area contributed by atoms with Gasteiger partial charge in [-0.1, -0.05) is 23.4 Å². The van der Waals surface area contributed by atoms with Crippen molar-refractivity contribution in [2.75, 3.05) is 6.61 Å². The number of nitrogens with zero attached hydrogens (tertiary/aromatic N) is 2. The van der Waals surface area contributed by atoms with Gasteiger partial charge in [-0.2, -0.15) is 0 Å². The van der Waals surface area contributed by atoms with E-state index in [1.807, 2.05) is 25.1 Å². The van der Waals surface area contributed by atoms with Crippen LogP contribution in [0.25, 0.3) is 0 Å². The normalized spacial score (nSPS) is 11.0. The first-order valence-electron chi connectivity index (χ1n) is 6.29. The van der Waals surface area contributed by atoms with E-state index >= 15 is 0 Å². The van der Waals surface area contributed by atoms with Gasteiger partial charge in [0.05, 0.1) is 0 Å². The molecule has 2 rings (SSSR count). The minimum atomic E-state index is -0.634. The van der Waals surface area contributed by atoms with Crippen LogP contribution in [0, 0.1) is 6.92 Å². The van der Waals surface area contributed by atoms with E-state index in [0.29, 0.717) is 11.3 Å². The Bertz CT molecular complexity index is 642. The first kappa shape index (κ1) is 14.5. The number of amidine groups is 1. The number of hydrogen-bond donors (Lipinski definition) is 1. The van der Waals surface area contributed by atoms with Gasteiger partial charge in [0.2, 0.25) is 0 Å². The summed E-state index contributed by atoms with van der Waals surface area (Å²) in [5.41, 5.74) is 7.17. The Labute approximate surface area is 122 Å². The summed E-state index contributed by atoms with van der Waals surface area (Å²) in [4.78, 5) is 20.1. The van der Waals surface area contributed by atoms with Crippen LogP contribution in [0.5, 0.6) is 5.75 Å². The molecule has 2 aromatic rings. The molecule has 0 aliphatic carbocycles. The lowest BCUT2D eigenvalue weighted by molar-refractivity contribution is -0.146. The molecular formula is C15H15N3O3. The van der Waals surface area contributed by atoms with Crippen molar-refractivity contribution >= 4 is 11.8 Å². The molecule has 0 unspecified atom stereocenters. The molecular weight excluding hydrogens is 270 g/mol. The lowest BCUT2D eigenvalue weighted by atomic mass is 10.2. The number of aryl methyl sites for hydroxylation is 1. The largest absolute Gasteiger partial charge is 0.482 e. The highest BCUT2D eigenvalue weighted by atomic mass is 16.7. The number of ether oxygens (including phenoxy) is 1. The lowest BCUT2D eigenvalue weighted by Crippen LogP contribution is -2.18. The minimum absolute atomic E-state index is 0.0762. The van der Waals surface area contributed by atoms with Crippen molar-refractivity contribution in [1.82, 2.24) is 4.98 Å². The number of para-hydroxylation sites is 1. The highest BCUT2D eigenvalue weighted by Gasteiger charge is 2.07. The Hall–Kier alpha value is -2.89. The third-order valence-electron chi connectivity index (χ3n) is 2.64. The molecule has 108 valence electrons. The Morgan fingerprint density at radius 3 is 2.81 bits per heavy atom. The Morgan fingerprint density at radius 1 is 1.29 bits per heavy atom. The molecule has 6 heteroatoms. The summed E-state index contributed by atoms with van der Waals surface area (Å²) in [7, 11) is 0. The van der Waals surface area contributed by atoms with Crippen molar-refractivity contribution < 1.29 is 14.4 Å². The van der Waals surface area contributed by atoms with E-state index in [-0.39, 0.29) is 12.4 Å². The standard InChI is InChI=1S/C15H15N3O3/c1-11-5-2-3-7-13(11)20-10-14(19)21-18-15(16)12-6-4-8-17-9-12/h2-9H,10H2,1H3,(H2,16,18). The Kier molecular flexibility index (Phi) is 4.87. The van der Waals surface area contributed by atoms with Gasteiger partial charge in [-0.25, -0.2) is 4.79 Å². The quantitative estimate of drug-likeness (QED) is 0.390. The van der Waals surface area contributed by atoms with Crippen molar-refractivity contribution in [1.29, 1.82) is 0 Å². The molecule has 0 fully saturated rings. The van der Waals surface area contributed by atoms with E-state index < -0.39 is 5.97 Å². The maximum absolute atomic E-state index is 11.5. The molecule has 21 heavy (non-hydrogen) atoms. The SMILES string of the molecule is Cc1ccccc1OCC(=O)O/N=C(\N)c1cccnc1. The molecule has 1 aromatic carbocycles. The molecule has 0 saturated carbocycles. The van der Waals surface area contributed by atoms with E-state index in [2.05, 4.69) is 10.1 Å². The van der Waals surface area contributed by atoms with Crippen LogP contribution >= 0.6 is 0 Å². The molecule has 6 nitrogen and oxygen atoms in total. The third-order valence-corrected chi connectivity index (χ3v) is 2.64. The topological polar surface area (TPSA) is 86.8 Å². The molecule has 0 aliphatic heterocycles. The summed E-state index contributed by atoms with van der Waals surface area (Å²) in [6.45, 7) is 1.65. The van der Waals surface area contributed by atoms with Gasteiger partial charge in [0.15, 0.2) is 12.4 Å². The number of benzene rings is 1. The van der Waals surface area contributed by atoms with Gasteiger partial charge in [0, 0.05) is 18.0 Å². The second-order valence-corrected chi connectivity index (χ2v) is 4.24. The van der Waals surface area contributed by atoms with Crippen molar-refractivity contribution in [3.63, 3.8) is 0 Å². The number of pyridine rings is 1. The first-order valence-corrected chi connectivity index (χ1v) is 6.29. The number of hydrogen-bond acceptors (Lipinski definition) is 5. The van der Waals surface area contributed by atoms with Crippen molar-refractivity contribution in [3.05, 3.63) is 59.9 Å². The zero-order valence-electron chi connectivity index (χ0n) is 11.5. The molecule has 2 N–H and O–H groups in total. The molecule has 0 amide bonds. The van der Waals surface area contributed by atoms with E-state index in [1.54, 1.807) is 24.4 Å². The fraction of sp³-hybridized carbons (Fsp3) is 0.133. The fourth-order valence-corrected chi connectivity index (χ4v) is 1.55. The second-order valence-electron chi connectivity index (χ2n) is 4.24. The fourth-order valence-electron chi connectivity index (χ4n) is 1.55. The second kappa shape index (κ2) is 7.04. The number of carbonyl (C=O) groups excluding carboxylic acids is 1. The van der Waals surface area contributed by atoms with Gasteiger partial charge in [-0.15, -0.1) is 0 Å².